The summed E-state index contributed by atoms with van der Waals surface area (Å²) in [5.41, 5.74) is 4.24. The van der Waals surface area contributed by atoms with Crippen molar-refractivity contribution in [1.29, 1.82) is 10.5 Å². The molecule has 0 saturated heterocycles. The molecule has 0 unspecified atom stereocenters. The first kappa shape index (κ1) is 28.8. The maximum absolute atomic E-state index is 12.3. The number of nitrogens with zero attached hydrogens (tertiary/aromatic N) is 2. The highest BCUT2D eigenvalue weighted by molar-refractivity contribution is 5.91. The maximum Gasteiger partial charge on any atom is 0.343 e. The van der Waals surface area contributed by atoms with E-state index in [9.17, 15) is 9.59 Å². The minimum atomic E-state index is -0.443. The van der Waals surface area contributed by atoms with E-state index in [1.165, 1.54) is 17.5 Å². The summed E-state index contributed by atoms with van der Waals surface area (Å²) in [6.07, 6.45) is 7.63. The normalized spacial score (nSPS) is 10.3. The van der Waals surface area contributed by atoms with Crippen LogP contribution in [0.15, 0.2) is 97.1 Å². The lowest BCUT2D eigenvalue weighted by molar-refractivity contribution is 0.0725. The first-order valence-corrected chi connectivity index (χ1v) is 13.7. The first-order chi connectivity index (χ1) is 20.0. The van der Waals surface area contributed by atoms with Gasteiger partial charge in [0.1, 0.15) is 11.5 Å². The molecule has 4 aromatic carbocycles. The zero-order chi connectivity index (χ0) is 28.9. The van der Waals surface area contributed by atoms with Crippen LogP contribution in [0, 0.1) is 22.7 Å². The summed E-state index contributed by atoms with van der Waals surface area (Å²) in [6.45, 7) is 0. The molecular formula is C35H30N2O4. The Labute approximate surface area is 240 Å². The molecule has 0 amide bonds. The van der Waals surface area contributed by atoms with E-state index in [0.29, 0.717) is 33.8 Å². The third kappa shape index (κ3) is 8.92. The lowest BCUT2D eigenvalue weighted by Gasteiger charge is -2.07. The van der Waals surface area contributed by atoms with Crippen LogP contribution < -0.4 is 9.47 Å². The van der Waals surface area contributed by atoms with E-state index >= 15 is 0 Å². The smallest absolute Gasteiger partial charge is 0.343 e. The van der Waals surface area contributed by atoms with Crippen molar-refractivity contribution in [1.82, 2.24) is 0 Å². The number of benzene rings is 4. The van der Waals surface area contributed by atoms with Crippen LogP contribution >= 0.6 is 0 Å². The van der Waals surface area contributed by atoms with E-state index in [0.717, 1.165) is 38.5 Å². The fraction of sp³-hybridized carbons (Fsp3) is 0.200. The molecule has 0 bridgehead atoms. The summed E-state index contributed by atoms with van der Waals surface area (Å²) in [5.74, 6) is 0.115. The number of hydrogen-bond donors (Lipinski definition) is 0. The van der Waals surface area contributed by atoms with E-state index in [2.05, 4.69) is 0 Å². The van der Waals surface area contributed by atoms with Crippen molar-refractivity contribution >= 4 is 11.9 Å². The quantitative estimate of drug-likeness (QED) is 0.104. The third-order valence-electron chi connectivity index (χ3n) is 6.70. The summed E-state index contributed by atoms with van der Waals surface area (Å²) >= 11 is 0. The van der Waals surface area contributed by atoms with Gasteiger partial charge in [-0.25, -0.2) is 9.59 Å². The van der Waals surface area contributed by atoms with Crippen molar-refractivity contribution in [3.63, 3.8) is 0 Å². The van der Waals surface area contributed by atoms with Gasteiger partial charge in [-0.1, -0.05) is 43.5 Å². The monoisotopic (exact) mass is 542 g/mol. The second-order valence-corrected chi connectivity index (χ2v) is 9.71. The predicted octanol–water partition coefficient (Wildman–Crippen LogP) is 7.60. The largest absolute Gasteiger partial charge is 0.423 e. The molecular weight excluding hydrogens is 512 g/mol. The van der Waals surface area contributed by atoms with Crippen LogP contribution in [0.1, 0.15) is 75.1 Å². The van der Waals surface area contributed by atoms with Crippen molar-refractivity contribution in [3.05, 3.63) is 130 Å². The SMILES string of the molecule is N#Cc1ccc(C(=O)Oc2ccc(CCCCCCCc3ccc(OC(=O)c4ccc(C#N)cc4)cc3)cc2)cc1. The minimum Gasteiger partial charge on any atom is -0.423 e. The zero-order valence-electron chi connectivity index (χ0n) is 22.7. The fourth-order valence-electron chi connectivity index (χ4n) is 4.33. The predicted molar refractivity (Wildman–Crippen MR) is 156 cm³/mol. The topological polar surface area (TPSA) is 100 Å². The number of carbonyl (C=O) groups excluding carboxylic acids is 2. The van der Waals surface area contributed by atoms with Crippen LogP contribution in [-0.4, -0.2) is 11.9 Å². The number of carbonyl (C=O) groups is 2. The Morgan fingerprint density at radius 1 is 0.488 bits per heavy atom. The number of unbranched alkanes of at least 4 members (excludes halogenated alkanes) is 4. The number of nitriles is 2. The van der Waals surface area contributed by atoms with Crippen LogP contribution in [0.25, 0.3) is 0 Å². The maximum atomic E-state index is 12.3. The van der Waals surface area contributed by atoms with Crippen molar-refractivity contribution in [3.8, 4) is 23.6 Å². The average Bonchev–Trinajstić information content (AvgIpc) is 3.02. The highest BCUT2D eigenvalue weighted by Gasteiger charge is 2.10. The van der Waals surface area contributed by atoms with Crippen LogP contribution in [0.2, 0.25) is 0 Å². The molecule has 0 aliphatic rings. The van der Waals surface area contributed by atoms with Gasteiger partial charge >= 0.3 is 11.9 Å². The zero-order valence-corrected chi connectivity index (χ0v) is 22.7. The molecule has 0 spiro atoms. The van der Waals surface area contributed by atoms with Crippen molar-refractivity contribution in [2.75, 3.05) is 0 Å². The molecule has 0 fully saturated rings. The molecule has 0 saturated carbocycles. The van der Waals surface area contributed by atoms with E-state index in [1.54, 1.807) is 48.5 Å². The standard InChI is InChI=1S/C35H30N2O4/c36-24-28-8-16-30(17-9-28)34(38)40-32-20-12-26(13-21-32)6-4-2-1-3-5-7-27-14-22-33(23-15-27)41-35(39)31-18-10-29(25-37)11-19-31/h8-23H,1-7H2. The minimum absolute atomic E-state index is 0.409. The molecule has 4 rings (SSSR count). The van der Waals surface area contributed by atoms with Crippen LogP contribution in [0.5, 0.6) is 11.5 Å². The molecule has 204 valence electrons. The van der Waals surface area contributed by atoms with Gasteiger partial charge in [-0.15, -0.1) is 0 Å². The Morgan fingerprint density at radius 2 is 0.829 bits per heavy atom. The first-order valence-electron chi connectivity index (χ1n) is 13.7. The molecule has 0 atom stereocenters. The Kier molecular flexibility index (Phi) is 10.4. The van der Waals surface area contributed by atoms with Crippen molar-refractivity contribution < 1.29 is 19.1 Å². The molecule has 0 radical (unpaired) electrons. The molecule has 0 aromatic heterocycles. The van der Waals surface area contributed by atoms with Gasteiger partial charge in [0.05, 0.1) is 34.4 Å². The Bertz CT molecular complexity index is 1410. The van der Waals surface area contributed by atoms with E-state index in [1.807, 2.05) is 60.7 Å². The second-order valence-electron chi connectivity index (χ2n) is 9.71. The Hall–Kier alpha value is -5.20. The van der Waals surface area contributed by atoms with Crippen LogP contribution in [-0.2, 0) is 12.8 Å². The second kappa shape index (κ2) is 14.8. The fourth-order valence-corrected chi connectivity index (χ4v) is 4.33. The van der Waals surface area contributed by atoms with Gasteiger partial charge in [0.25, 0.3) is 0 Å². The molecule has 41 heavy (non-hydrogen) atoms. The third-order valence-corrected chi connectivity index (χ3v) is 6.70. The van der Waals surface area contributed by atoms with Gasteiger partial charge in [0, 0.05) is 0 Å². The molecule has 0 aliphatic carbocycles. The summed E-state index contributed by atoms with van der Waals surface area (Å²) in [6, 6.07) is 32.0. The number of rotatable bonds is 12. The van der Waals surface area contributed by atoms with Crippen LogP contribution in [0.4, 0.5) is 0 Å². The summed E-state index contributed by atoms with van der Waals surface area (Å²) in [5, 5.41) is 17.7. The van der Waals surface area contributed by atoms with Gasteiger partial charge < -0.3 is 9.47 Å². The molecule has 0 heterocycles. The number of aryl methyl sites for hydroxylation is 2. The van der Waals surface area contributed by atoms with E-state index in [4.69, 9.17) is 20.0 Å². The molecule has 6 heteroatoms. The number of hydrogen-bond acceptors (Lipinski definition) is 6. The number of ether oxygens (including phenoxy) is 2. The van der Waals surface area contributed by atoms with Gasteiger partial charge in [-0.3, -0.25) is 0 Å². The van der Waals surface area contributed by atoms with Gasteiger partial charge in [0.2, 0.25) is 0 Å². The number of esters is 2. The summed E-state index contributed by atoms with van der Waals surface area (Å²) in [4.78, 5) is 24.5. The van der Waals surface area contributed by atoms with E-state index in [-0.39, 0.29) is 0 Å². The van der Waals surface area contributed by atoms with Crippen molar-refractivity contribution in [2.45, 2.75) is 44.9 Å². The van der Waals surface area contributed by atoms with Crippen molar-refractivity contribution in [2.24, 2.45) is 0 Å². The lowest BCUT2D eigenvalue weighted by Crippen LogP contribution is -2.08. The average molecular weight is 543 g/mol. The molecule has 0 aliphatic heterocycles. The summed E-state index contributed by atoms with van der Waals surface area (Å²) in [7, 11) is 0. The molecule has 4 aromatic rings. The van der Waals surface area contributed by atoms with Gasteiger partial charge in [-0.2, -0.15) is 10.5 Å². The highest BCUT2D eigenvalue weighted by atomic mass is 16.5. The Morgan fingerprint density at radius 3 is 1.17 bits per heavy atom. The molecule has 6 nitrogen and oxygen atoms in total. The van der Waals surface area contributed by atoms with E-state index < -0.39 is 11.9 Å². The van der Waals surface area contributed by atoms with Crippen LogP contribution in [0.3, 0.4) is 0 Å². The highest BCUT2D eigenvalue weighted by Crippen LogP contribution is 2.19. The lowest BCUT2D eigenvalue weighted by atomic mass is 10.0. The summed E-state index contributed by atoms with van der Waals surface area (Å²) < 4.78 is 10.9. The Balaban J connectivity index is 1.09. The molecule has 0 N–H and O–H groups in total. The van der Waals surface area contributed by atoms with Gasteiger partial charge in [0.15, 0.2) is 0 Å². The van der Waals surface area contributed by atoms with Gasteiger partial charge in [-0.05, 0) is 110 Å².